The van der Waals surface area contributed by atoms with Crippen molar-refractivity contribution in [3.8, 4) is 0 Å². The lowest BCUT2D eigenvalue weighted by Crippen LogP contribution is -2.38. The van der Waals surface area contributed by atoms with Crippen molar-refractivity contribution in [1.29, 1.82) is 0 Å². The van der Waals surface area contributed by atoms with E-state index in [1.165, 1.54) is 25.3 Å². The van der Waals surface area contributed by atoms with Gasteiger partial charge in [-0.2, -0.15) is 0 Å². The van der Waals surface area contributed by atoms with Crippen LogP contribution in [0, 0.1) is 13.8 Å². The molecule has 1 aromatic heterocycles. The van der Waals surface area contributed by atoms with Crippen LogP contribution in [0.5, 0.6) is 0 Å². The van der Waals surface area contributed by atoms with Gasteiger partial charge >= 0.3 is 0 Å². The van der Waals surface area contributed by atoms with Crippen molar-refractivity contribution in [2.24, 2.45) is 0 Å². The Morgan fingerprint density at radius 1 is 1.32 bits per heavy atom. The van der Waals surface area contributed by atoms with Crippen LogP contribution in [0.2, 0.25) is 0 Å². The van der Waals surface area contributed by atoms with E-state index in [1.807, 2.05) is 0 Å². The van der Waals surface area contributed by atoms with Crippen molar-refractivity contribution < 1.29 is 17.7 Å². The van der Waals surface area contributed by atoms with Crippen molar-refractivity contribution in [3.63, 3.8) is 0 Å². The summed E-state index contributed by atoms with van der Waals surface area (Å²) in [5, 5.41) is 3.67. The number of aryl methyl sites for hydroxylation is 2. The van der Waals surface area contributed by atoms with Crippen molar-refractivity contribution in [2.45, 2.75) is 57.8 Å². The molecule has 1 aromatic rings. The number of sulfonamides is 1. The predicted molar refractivity (Wildman–Crippen MR) is 94.6 cm³/mol. The van der Waals surface area contributed by atoms with Crippen LogP contribution in [0.15, 0.2) is 21.1 Å². The minimum atomic E-state index is -3.69. The van der Waals surface area contributed by atoms with Gasteiger partial charge in [-0.1, -0.05) is 16.8 Å². The zero-order valence-electron chi connectivity index (χ0n) is 15.2. The smallest absolute Gasteiger partial charge is 0.246 e. The van der Waals surface area contributed by atoms with Gasteiger partial charge in [-0.05, 0) is 46.0 Å². The molecule has 1 aliphatic rings. The topological polar surface area (TPSA) is 92.5 Å². The number of hydrogen-bond acceptors (Lipinski definition) is 5. The molecule has 0 radical (unpaired) electrons. The molecule has 0 saturated heterocycles. The van der Waals surface area contributed by atoms with Crippen LogP contribution in [0.25, 0.3) is 0 Å². The third-order valence-corrected chi connectivity index (χ3v) is 6.15. The summed E-state index contributed by atoms with van der Waals surface area (Å²) in [5.74, 6) is 0.214. The SMILES string of the molecule is CC(=O)N(CCNS(=O)(=O)c1c(C)noc1C)CCC1=CCCCC1. The van der Waals surface area contributed by atoms with Gasteiger partial charge in [-0.15, -0.1) is 0 Å². The monoisotopic (exact) mass is 369 g/mol. The molecule has 1 aliphatic carbocycles. The molecule has 25 heavy (non-hydrogen) atoms. The highest BCUT2D eigenvalue weighted by molar-refractivity contribution is 7.89. The third-order valence-electron chi connectivity index (χ3n) is 4.44. The number of aromatic nitrogens is 1. The number of nitrogens with zero attached hydrogens (tertiary/aromatic N) is 2. The van der Waals surface area contributed by atoms with Crippen molar-refractivity contribution >= 4 is 15.9 Å². The average Bonchev–Trinajstić information content (AvgIpc) is 2.90. The van der Waals surface area contributed by atoms with Crippen LogP contribution in [0.3, 0.4) is 0 Å². The molecule has 1 N–H and O–H groups in total. The maximum absolute atomic E-state index is 12.4. The van der Waals surface area contributed by atoms with Gasteiger partial charge in [0.2, 0.25) is 15.9 Å². The molecule has 0 bridgehead atoms. The van der Waals surface area contributed by atoms with Crippen molar-refractivity contribution in [3.05, 3.63) is 23.1 Å². The fourth-order valence-electron chi connectivity index (χ4n) is 3.08. The second kappa shape index (κ2) is 8.62. The normalized spacial score (nSPS) is 15.1. The van der Waals surface area contributed by atoms with E-state index in [9.17, 15) is 13.2 Å². The first-order chi connectivity index (χ1) is 11.8. The van der Waals surface area contributed by atoms with E-state index in [0.29, 0.717) is 18.8 Å². The van der Waals surface area contributed by atoms with Gasteiger partial charge in [0.05, 0.1) is 0 Å². The van der Waals surface area contributed by atoms with E-state index in [-0.39, 0.29) is 23.1 Å². The molecule has 0 spiro atoms. The van der Waals surface area contributed by atoms with E-state index in [1.54, 1.807) is 18.7 Å². The van der Waals surface area contributed by atoms with Gasteiger partial charge in [-0.25, -0.2) is 13.1 Å². The van der Waals surface area contributed by atoms with Gasteiger partial charge in [0.15, 0.2) is 5.76 Å². The lowest BCUT2D eigenvalue weighted by molar-refractivity contribution is -0.128. The Labute approximate surface area is 149 Å². The number of hydrogen-bond donors (Lipinski definition) is 1. The van der Waals surface area contributed by atoms with Crippen molar-refractivity contribution in [1.82, 2.24) is 14.8 Å². The first-order valence-electron chi connectivity index (χ1n) is 8.67. The van der Waals surface area contributed by atoms with Gasteiger partial charge in [0.1, 0.15) is 10.6 Å². The van der Waals surface area contributed by atoms with Gasteiger partial charge < -0.3 is 9.42 Å². The molecule has 0 fully saturated rings. The van der Waals surface area contributed by atoms with Crippen LogP contribution in [0.1, 0.15) is 50.5 Å². The summed E-state index contributed by atoms with van der Waals surface area (Å²) in [6.45, 7) is 5.78. The van der Waals surface area contributed by atoms with Gasteiger partial charge in [0.25, 0.3) is 0 Å². The van der Waals surface area contributed by atoms with Crippen LogP contribution >= 0.6 is 0 Å². The molecule has 8 heteroatoms. The molecule has 0 atom stereocenters. The Kier molecular flexibility index (Phi) is 6.78. The number of carbonyl (C=O) groups is 1. The van der Waals surface area contributed by atoms with E-state index >= 15 is 0 Å². The first-order valence-corrected chi connectivity index (χ1v) is 10.2. The summed E-state index contributed by atoms with van der Waals surface area (Å²) in [6, 6.07) is 0. The summed E-state index contributed by atoms with van der Waals surface area (Å²) in [7, 11) is -3.69. The second-order valence-electron chi connectivity index (χ2n) is 6.42. The lowest BCUT2D eigenvalue weighted by atomic mass is 9.97. The van der Waals surface area contributed by atoms with Crippen LogP contribution < -0.4 is 4.72 Å². The molecule has 0 aromatic carbocycles. The van der Waals surface area contributed by atoms with E-state index in [0.717, 1.165) is 19.3 Å². The molecular weight excluding hydrogens is 342 g/mol. The van der Waals surface area contributed by atoms with E-state index < -0.39 is 10.0 Å². The largest absolute Gasteiger partial charge is 0.360 e. The van der Waals surface area contributed by atoms with Gasteiger partial charge in [-0.3, -0.25) is 4.79 Å². The Morgan fingerprint density at radius 2 is 2.08 bits per heavy atom. The molecule has 0 aliphatic heterocycles. The number of amides is 1. The molecule has 0 saturated carbocycles. The summed E-state index contributed by atoms with van der Waals surface area (Å²) in [5.41, 5.74) is 1.73. The van der Waals surface area contributed by atoms with Crippen LogP contribution in [-0.2, 0) is 14.8 Å². The van der Waals surface area contributed by atoms with Crippen LogP contribution in [0.4, 0.5) is 0 Å². The molecule has 1 amide bonds. The number of allylic oxidation sites excluding steroid dienone is 1. The Morgan fingerprint density at radius 3 is 2.64 bits per heavy atom. The average molecular weight is 369 g/mol. The Hall–Kier alpha value is -1.67. The number of nitrogens with one attached hydrogen (secondary N) is 1. The summed E-state index contributed by atoms with van der Waals surface area (Å²) < 4.78 is 32.2. The summed E-state index contributed by atoms with van der Waals surface area (Å²) >= 11 is 0. The first kappa shape index (κ1) is 19.7. The summed E-state index contributed by atoms with van der Waals surface area (Å²) in [4.78, 5) is 13.6. The van der Waals surface area contributed by atoms with Crippen molar-refractivity contribution in [2.75, 3.05) is 19.6 Å². The van der Waals surface area contributed by atoms with E-state index in [2.05, 4.69) is 16.0 Å². The Bertz CT molecular complexity index is 718. The number of rotatable bonds is 8. The van der Waals surface area contributed by atoms with Crippen LogP contribution in [-0.4, -0.2) is 44.0 Å². The fourth-order valence-corrected chi connectivity index (χ4v) is 4.43. The maximum atomic E-state index is 12.4. The minimum Gasteiger partial charge on any atom is -0.360 e. The maximum Gasteiger partial charge on any atom is 0.246 e. The molecule has 0 unspecified atom stereocenters. The quantitative estimate of drug-likeness (QED) is 0.710. The highest BCUT2D eigenvalue weighted by Gasteiger charge is 2.24. The highest BCUT2D eigenvalue weighted by Crippen LogP contribution is 2.20. The molecule has 7 nitrogen and oxygen atoms in total. The fraction of sp³-hybridized carbons (Fsp3) is 0.647. The zero-order valence-corrected chi connectivity index (χ0v) is 16.0. The standard InChI is InChI=1S/C17H27N3O4S/c1-13-17(14(2)24-19-13)25(22,23)18-10-12-20(15(3)21)11-9-16-7-5-4-6-8-16/h7,18H,4-6,8-12H2,1-3H3. The predicted octanol–water partition coefficient (Wildman–Crippen LogP) is 2.31. The lowest BCUT2D eigenvalue weighted by Gasteiger charge is -2.23. The van der Waals surface area contributed by atoms with E-state index in [4.69, 9.17) is 4.52 Å². The zero-order chi connectivity index (χ0) is 18.4. The molecule has 140 valence electrons. The minimum absolute atomic E-state index is 0.0482. The molecule has 1 heterocycles. The highest BCUT2D eigenvalue weighted by atomic mass is 32.2. The molecular formula is C17H27N3O4S. The third kappa shape index (κ3) is 5.40. The number of carbonyl (C=O) groups excluding carboxylic acids is 1. The summed E-state index contributed by atoms with van der Waals surface area (Å²) in [6.07, 6.45) is 7.79. The van der Waals surface area contributed by atoms with Gasteiger partial charge in [0, 0.05) is 26.6 Å². The Balaban J connectivity index is 1.88. The second-order valence-corrected chi connectivity index (χ2v) is 8.12. The molecule has 2 rings (SSSR count).